The van der Waals surface area contributed by atoms with Crippen LogP contribution in [0.1, 0.15) is 30.5 Å². The van der Waals surface area contributed by atoms with E-state index < -0.39 is 11.9 Å². The molecule has 0 radical (unpaired) electrons. The molecule has 0 saturated carbocycles. The Morgan fingerprint density at radius 3 is 2.25 bits per heavy atom. The van der Waals surface area contributed by atoms with Gasteiger partial charge < -0.3 is 14.8 Å². The summed E-state index contributed by atoms with van der Waals surface area (Å²) in [5, 5.41) is 3.31. The molecule has 0 aliphatic carbocycles. The number of nitrogens with one attached hydrogen (secondary N) is 1. The van der Waals surface area contributed by atoms with Gasteiger partial charge in [-0.05, 0) is 31.0 Å². The quantitative estimate of drug-likeness (QED) is 0.373. The molecule has 0 fully saturated rings. The van der Waals surface area contributed by atoms with Crippen molar-refractivity contribution in [3.63, 3.8) is 0 Å². The number of amidine groups is 1. The first-order valence-electron chi connectivity index (χ1n) is 9.19. The largest absolute Gasteiger partial charge is 0.462 e. The van der Waals surface area contributed by atoms with E-state index in [0.29, 0.717) is 5.84 Å². The van der Waals surface area contributed by atoms with E-state index in [1.807, 2.05) is 42.5 Å². The molecule has 0 unspecified atom stereocenters. The summed E-state index contributed by atoms with van der Waals surface area (Å²) >= 11 is 0. The minimum atomic E-state index is -0.757. The molecule has 28 heavy (non-hydrogen) atoms. The third kappa shape index (κ3) is 4.28. The summed E-state index contributed by atoms with van der Waals surface area (Å²) in [6, 6.07) is 15.8. The number of carbonyl (C=O) groups excluding carboxylic acids is 2. The van der Waals surface area contributed by atoms with Crippen molar-refractivity contribution in [2.24, 2.45) is 4.99 Å². The number of benzene rings is 2. The van der Waals surface area contributed by atoms with Gasteiger partial charge in [-0.1, -0.05) is 42.5 Å². The lowest BCUT2D eigenvalue weighted by Crippen LogP contribution is -2.19. The number of anilines is 1. The highest BCUT2D eigenvalue weighted by atomic mass is 16.6. The van der Waals surface area contributed by atoms with Crippen LogP contribution in [0.15, 0.2) is 65.3 Å². The second-order valence-electron chi connectivity index (χ2n) is 6.08. The molecular weight excluding hydrogens is 356 g/mol. The Bertz CT molecular complexity index is 927. The number of carbonyl (C=O) groups is 2. The van der Waals surface area contributed by atoms with Crippen molar-refractivity contribution in [1.82, 2.24) is 0 Å². The minimum absolute atomic E-state index is 0.153. The molecule has 6 nitrogen and oxygen atoms in total. The van der Waals surface area contributed by atoms with Gasteiger partial charge in [-0.3, -0.25) is 0 Å². The van der Waals surface area contributed by atoms with Crippen LogP contribution < -0.4 is 5.32 Å². The average Bonchev–Trinajstić information content (AvgIpc) is 2.85. The maximum atomic E-state index is 12.2. The molecule has 0 amide bonds. The Labute approximate surface area is 163 Å². The zero-order valence-corrected chi connectivity index (χ0v) is 15.9. The lowest BCUT2D eigenvalue weighted by molar-refractivity contribution is -0.146. The molecular formula is C22H22N2O4. The number of nitrogens with zero attached hydrogens (tertiary/aromatic N) is 1. The molecule has 1 heterocycles. The fraction of sp³-hybridized carbons (Fsp3) is 0.227. The van der Waals surface area contributed by atoms with Crippen molar-refractivity contribution in [1.29, 1.82) is 0 Å². The van der Waals surface area contributed by atoms with Crippen LogP contribution in [0, 0.1) is 0 Å². The van der Waals surface area contributed by atoms with Crippen molar-refractivity contribution in [2.75, 3.05) is 18.5 Å². The third-order valence-corrected chi connectivity index (χ3v) is 4.24. The van der Waals surface area contributed by atoms with Crippen molar-refractivity contribution in [3.05, 3.63) is 77.0 Å². The zero-order valence-electron chi connectivity index (χ0n) is 15.9. The summed E-state index contributed by atoms with van der Waals surface area (Å²) in [7, 11) is 0. The SMILES string of the molecule is CCOC(=O)C(=CN=C1Nc2ccccc2Cc2ccccc21)C(=O)OCC. The number of esters is 2. The Balaban J connectivity index is 2.06. The first kappa shape index (κ1) is 19.4. The maximum absolute atomic E-state index is 12.2. The van der Waals surface area contributed by atoms with E-state index in [0.717, 1.165) is 28.8 Å². The first-order valence-corrected chi connectivity index (χ1v) is 9.19. The molecule has 144 valence electrons. The van der Waals surface area contributed by atoms with Crippen LogP contribution in [-0.2, 0) is 25.5 Å². The summed E-state index contributed by atoms with van der Waals surface area (Å²) in [4.78, 5) is 28.8. The lowest BCUT2D eigenvalue weighted by atomic mass is 10.0. The molecule has 0 bridgehead atoms. The van der Waals surface area contributed by atoms with Gasteiger partial charge in [-0.2, -0.15) is 0 Å². The van der Waals surface area contributed by atoms with E-state index in [1.54, 1.807) is 13.8 Å². The predicted octanol–water partition coefficient (Wildman–Crippen LogP) is 3.46. The topological polar surface area (TPSA) is 77.0 Å². The van der Waals surface area contributed by atoms with Gasteiger partial charge in [-0.15, -0.1) is 0 Å². The third-order valence-electron chi connectivity index (χ3n) is 4.24. The van der Waals surface area contributed by atoms with Crippen LogP contribution in [0.2, 0.25) is 0 Å². The van der Waals surface area contributed by atoms with Gasteiger partial charge in [0.2, 0.25) is 0 Å². The van der Waals surface area contributed by atoms with Gasteiger partial charge >= 0.3 is 11.9 Å². The highest BCUT2D eigenvalue weighted by Gasteiger charge is 2.22. The molecule has 1 aliphatic rings. The minimum Gasteiger partial charge on any atom is -0.462 e. The van der Waals surface area contributed by atoms with E-state index in [2.05, 4.69) is 16.4 Å². The van der Waals surface area contributed by atoms with Gasteiger partial charge in [0.25, 0.3) is 0 Å². The fourth-order valence-electron chi connectivity index (χ4n) is 2.94. The summed E-state index contributed by atoms with van der Waals surface area (Å²) in [5.74, 6) is -0.966. The molecule has 2 aromatic rings. The van der Waals surface area contributed by atoms with E-state index >= 15 is 0 Å². The number of para-hydroxylation sites is 1. The molecule has 0 spiro atoms. The van der Waals surface area contributed by atoms with Crippen molar-refractivity contribution in [3.8, 4) is 0 Å². The summed E-state index contributed by atoms with van der Waals surface area (Å²) < 4.78 is 9.93. The smallest absolute Gasteiger partial charge is 0.347 e. The number of fused-ring (bicyclic) bond motifs is 2. The molecule has 0 atom stereocenters. The van der Waals surface area contributed by atoms with E-state index in [-0.39, 0.29) is 18.8 Å². The predicted molar refractivity (Wildman–Crippen MR) is 107 cm³/mol. The highest BCUT2D eigenvalue weighted by molar-refractivity contribution is 6.15. The van der Waals surface area contributed by atoms with Gasteiger partial charge in [0.05, 0.1) is 19.4 Å². The summed E-state index contributed by atoms with van der Waals surface area (Å²) in [5.41, 5.74) is 3.83. The Morgan fingerprint density at radius 1 is 0.964 bits per heavy atom. The second-order valence-corrected chi connectivity index (χ2v) is 6.08. The summed E-state index contributed by atoms with van der Waals surface area (Å²) in [6.07, 6.45) is 1.97. The first-order chi connectivity index (χ1) is 13.6. The Kier molecular flexibility index (Phi) is 6.22. The van der Waals surface area contributed by atoms with Gasteiger partial charge in [0, 0.05) is 17.7 Å². The molecule has 1 aliphatic heterocycles. The van der Waals surface area contributed by atoms with Gasteiger partial charge in [0.15, 0.2) is 5.57 Å². The lowest BCUT2D eigenvalue weighted by Gasteiger charge is -2.10. The summed E-state index contributed by atoms with van der Waals surface area (Å²) in [6.45, 7) is 3.65. The molecule has 0 aromatic heterocycles. The van der Waals surface area contributed by atoms with Crippen LogP contribution >= 0.6 is 0 Å². The number of hydrogen-bond donors (Lipinski definition) is 1. The second kappa shape index (κ2) is 8.99. The zero-order chi connectivity index (χ0) is 19.9. The number of aliphatic imine (C=N–C) groups is 1. The average molecular weight is 378 g/mol. The number of ether oxygens (including phenoxy) is 2. The molecule has 6 heteroatoms. The van der Waals surface area contributed by atoms with Crippen LogP contribution in [-0.4, -0.2) is 31.0 Å². The van der Waals surface area contributed by atoms with Crippen LogP contribution in [0.5, 0.6) is 0 Å². The molecule has 3 rings (SSSR count). The van der Waals surface area contributed by atoms with Crippen LogP contribution in [0.3, 0.4) is 0 Å². The Hall–Kier alpha value is -3.41. The number of hydrogen-bond acceptors (Lipinski definition) is 5. The highest BCUT2D eigenvalue weighted by Crippen LogP contribution is 2.26. The maximum Gasteiger partial charge on any atom is 0.347 e. The van der Waals surface area contributed by atoms with Crippen LogP contribution in [0.4, 0.5) is 5.69 Å². The van der Waals surface area contributed by atoms with E-state index in [9.17, 15) is 9.59 Å². The number of rotatable bonds is 5. The monoisotopic (exact) mass is 378 g/mol. The van der Waals surface area contributed by atoms with Crippen molar-refractivity contribution in [2.45, 2.75) is 20.3 Å². The van der Waals surface area contributed by atoms with Crippen molar-refractivity contribution < 1.29 is 19.1 Å². The van der Waals surface area contributed by atoms with Crippen molar-refractivity contribution >= 4 is 23.5 Å². The molecule has 2 aromatic carbocycles. The fourth-order valence-corrected chi connectivity index (χ4v) is 2.94. The van der Waals surface area contributed by atoms with E-state index in [1.165, 1.54) is 6.20 Å². The van der Waals surface area contributed by atoms with Gasteiger partial charge in [-0.25, -0.2) is 14.6 Å². The van der Waals surface area contributed by atoms with Gasteiger partial charge in [0.1, 0.15) is 5.84 Å². The Morgan fingerprint density at radius 2 is 1.57 bits per heavy atom. The molecule has 1 N–H and O–H groups in total. The standard InChI is InChI=1S/C22H22N2O4/c1-3-27-21(25)18(22(26)28-4-2)14-23-20-17-11-7-5-9-15(17)13-16-10-6-8-12-19(16)24-20/h5-12,14H,3-4,13H2,1-2H3,(H,23,24). The normalized spacial score (nSPS) is 13.4. The molecule has 0 saturated heterocycles. The van der Waals surface area contributed by atoms with Crippen LogP contribution in [0.25, 0.3) is 0 Å². The van der Waals surface area contributed by atoms with E-state index in [4.69, 9.17) is 9.47 Å².